The van der Waals surface area contributed by atoms with Gasteiger partial charge in [-0.2, -0.15) is 0 Å². The van der Waals surface area contributed by atoms with Crippen molar-refractivity contribution in [1.82, 2.24) is 15.3 Å². The molecule has 13 heteroatoms. The molecule has 1 aromatic rings. The number of nitrogens with zero attached hydrogens (tertiary/aromatic N) is 1. The van der Waals surface area contributed by atoms with Gasteiger partial charge in [-0.3, -0.25) is 9.59 Å². The van der Waals surface area contributed by atoms with Crippen molar-refractivity contribution in [3.05, 3.63) is 42.6 Å². The van der Waals surface area contributed by atoms with Crippen LogP contribution in [0.3, 0.4) is 0 Å². The van der Waals surface area contributed by atoms with Crippen molar-refractivity contribution in [3.63, 3.8) is 0 Å². The molecule has 3 rings (SSSR count). The first kappa shape index (κ1) is 28.1. The van der Waals surface area contributed by atoms with Crippen molar-refractivity contribution >= 4 is 30.3 Å². The molecule has 36 heavy (non-hydrogen) atoms. The number of alkyl halides is 1. The maximum absolute atomic E-state index is 15.7. The Labute approximate surface area is 214 Å². The molecule has 1 amide bonds. The number of benzene rings is 1. The largest absolute Gasteiger partial charge is 0.462 e. The molecule has 0 aliphatic carbocycles. The van der Waals surface area contributed by atoms with E-state index < -0.39 is 49.4 Å². The van der Waals surface area contributed by atoms with Crippen LogP contribution in [0.25, 0.3) is 0 Å². The van der Waals surface area contributed by atoms with Crippen molar-refractivity contribution in [2.24, 2.45) is 0 Å². The van der Waals surface area contributed by atoms with Crippen molar-refractivity contribution in [3.8, 4) is 18.1 Å². The first-order valence-corrected chi connectivity index (χ1v) is 13.8. The van der Waals surface area contributed by atoms with Crippen molar-refractivity contribution < 1.29 is 37.6 Å². The van der Waals surface area contributed by atoms with Crippen LogP contribution in [0.15, 0.2) is 42.6 Å². The highest BCUT2D eigenvalue weighted by Gasteiger charge is 2.59. The molecule has 3 N–H and O–H groups in total. The van der Waals surface area contributed by atoms with Crippen LogP contribution < -0.4 is 14.9 Å². The van der Waals surface area contributed by atoms with Gasteiger partial charge in [-0.25, -0.2) is 9.48 Å². The Hall–Kier alpha value is -2.52. The fourth-order valence-corrected chi connectivity index (χ4v) is 5.89. The van der Waals surface area contributed by atoms with Gasteiger partial charge in [0.05, 0.1) is 19.4 Å². The lowest BCUT2D eigenvalue weighted by Crippen LogP contribution is -2.53. The number of aliphatic hydroxyl groups excluding tert-OH is 1. The van der Waals surface area contributed by atoms with E-state index in [1.54, 1.807) is 51.1 Å². The number of nitrogens with one attached hydrogen (secondary N) is 2. The number of rotatable bonds is 10. The van der Waals surface area contributed by atoms with Gasteiger partial charge < -0.3 is 33.8 Å². The van der Waals surface area contributed by atoms with Gasteiger partial charge in [-0.15, -0.1) is 6.42 Å². The van der Waals surface area contributed by atoms with Crippen LogP contribution in [0, 0.1) is 12.3 Å². The topological polar surface area (TPSA) is 119 Å². The van der Waals surface area contributed by atoms with Crippen molar-refractivity contribution in [2.45, 2.75) is 57.0 Å². The summed E-state index contributed by atoms with van der Waals surface area (Å²) in [5.41, 5.74) is -2.61. The second-order valence-electron chi connectivity index (χ2n) is 8.45. The molecule has 0 bridgehead atoms. The highest BCUT2D eigenvalue weighted by Crippen LogP contribution is 2.47. The van der Waals surface area contributed by atoms with E-state index in [0.29, 0.717) is 5.75 Å². The molecule has 0 aromatic heterocycles. The molecule has 196 valence electrons. The molecule has 6 atom stereocenters. The molecule has 6 unspecified atom stereocenters. The highest BCUT2D eigenvalue weighted by atomic mass is 32.5. The number of hydrogen-bond donors (Lipinski definition) is 3. The molecule has 0 radical (unpaired) electrons. The standard InChI is InChI=1S/C23H29FN3O7PS/c1-5-23(24)20(29)18(33-22(23)27-12-11-19(28)25-14-27)13-31-35(36,34-17-9-7-6-8-10-17)26-16(4)21(30)32-15(2)3/h1,6-12,15-16,18,20,22,29H,13-14H2,2-4H3,(H,25,28)(H,26,36). The molecule has 1 aromatic carbocycles. The van der Waals surface area contributed by atoms with Gasteiger partial charge in [0.15, 0.2) is 6.23 Å². The van der Waals surface area contributed by atoms with Crippen LogP contribution in [0.1, 0.15) is 20.8 Å². The van der Waals surface area contributed by atoms with E-state index >= 15 is 4.39 Å². The Morgan fingerprint density at radius 1 is 1.44 bits per heavy atom. The third kappa shape index (κ3) is 6.62. The van der Waals surface area contributed by atoms with E-state index in [-0.39, 0.29) is 18.7 Å². The summed E-state index contributed by atoms with van der Waals surface area (Å²) in [7, 11) is 0. The van der Waals surface area contributed by atoms with Gasteiger partial charge >= 0.3 is 12.6 Å². The third-order valence-corrected chi connectivity index (χ3v) is 7.76. The van der Waals surface area contributed by atoms with Crippen LogP contribution in [0.4, 0.5) is 4.39 Å². The van der Waals surface area contributed by atoms with Crippen LogP contribution in [-0.2, 0) is 35.4 Å². The molecule has 1 saturated heterocycles. The van der Waals surface area contributed by atoms with E-state index in [1.807, 2.05) is 5.92 Å². The summed E-state index contributed by atoms with van der Waals surface area (Å²) in [6.07, 6.45) is 3.19. The molecule has 0 spiro atoms. The quantitative estimate of drug-likeness (QED) is 0.229. The fourth-order valence-electron chi connectivity index (χ4n) is 3.47. The lowest BCUT2D eigenvalue weighted by Gasteiger charge is -2.34. The highest BCUT2D eigenvalue weighted by molar-refractivity contribution is 8.09. The number of carbonyl (C=O) groups excluding carboxylic acids is 2. The Bertz CT molecular complexity index is 1070. The lowest BCUT2D eigenvalue weighted by molar-refractivity contribution is -0.149. The summed E-state index contributed by atoms with van der Waals surface area (Å²) in [6, 6.07) is 7.67. The average Bonchev–Trinajstić information content (AvgIpc) is 3.09. The molecule has 2 aliphatic rings. The minimum absolute atomic E-state index is 0.0697. The summed E-state index contributed by atoms with van der Waals surface area (Å²) in [5, 5.41) is 16.1. The second-order valence-corrected chi connectivity index (χ2v) is 11.6. The number of amides is 1. The number of ether oxygens (including phenoxy) is 2. The second kappa shape index (κ2) is 11.7. The van der Waals surface area contributed by atoms with E-state index in [0.717, 1.165) is 0 Å². The van der Waals surface area contributed by atoms with E-state index in [9.17, 15) is 14.7 Å². The summed E-state index contributed by atoms with van der Waals surface area (Å²) in [5.74, 6) is 1.43. The zero-order valence-corrected chi connectivity index (χ0v) is 21.7. The molecule has 1 fully saturated rings. The van der Waals surface area contributed by atoms with Crippen LogP contribution >= 0.6 is 6.64 Å². The van der Waals surface area contributed by atoms with E-state index in [1.165, 1.54) is 17.2 Å². The van der Waals surface area contributed by atoms with Crippen LogP contribution in [-0.4, -0.2) is 71.4 Å². The Balaban J connectivity index is 1.77. The van der Waals surface area contributed by atoms with Crippen LogP contribution in [0.2, 0.25) is 0 Å². The first-order chi connectivity index (χ1) is 17.0. The number of para-hydroxylation sites is 1. The zero-order valence-electron chi connectivity index (χ0n) is 20.0. The van der Waals surface area contributed by atoms with Crippen LogP contribution in [0.5, 0.6) is 5.75 Å². The Morgan fingerprint density at radius 3 is 2.72 bits per heavy atom. The maximum Gasteiger partial charge on any atom is 0.323 e. The summed E-state index contributed by atoms with van der Waals surface area (Å²) < 4.78 is 38.4. The lowest BCUT2D eigenvalue weighted by atomic mass is 9.96. The summed E-state index contributed by atoms with van der Waals surface area (Å²) >= 11 is 5.63. The number of aliphatic hydroxyl groups is 1. The van der Waals surface area contributed by atoms with Gasteiger partial charge in [0.2, 0.25) is 11.6 Å². The molecular weight excluding hydrogens is 512 g/mol. The third-order valence-electron chi connectivity index (χ3n) is 5.26. The summed E-state index contributed by atoms with van der Waals surface area (Å²) in [4.78, 5) is 25.1. The fraction of sp³-hybridized carbons (Fsp3) is 0.478. The molecule has 0 saturated carbocycles. The Morgan fingerprint density at radius 2 is 2.14 bits per heavy atom. The zero-order chi connectivity index (χ0) is 26.5. The van der Waals surface area contributed by atoms with Gasteiger partial charge in [-0.05, 0) is 44.7 Å². The molecular formula is C23H29FN3O7PS. The number of terminal acetylenes is 1. The van der Waals surface area contributed by atoms with Gasteiger partial charge in [0, 0.05) is 12.3 Å². The predicted molar refractivity (Wildman–Crippen MR) is 132 cm³/mol. The Kier molecular flexibility index (Phi) is 9.11. The minimum Gasteiger partial charge on any atom is -0.462 e. The predicted octanol–water partition coefficient (Wildman–Crippen LogP) is 1.57. The number of halogens is 1. The van der Waals surface area contributed by atoms with Gasteiger partial charge in [-0.1, -0.05) is 24.1 Å². The number of carbonyl (C=O) groups is 2. The summed E-state index contributed by atoms with van der Waals surface area (Å²) in [6.45, 7) is 1.04. The van der Waals surface area contributed by atoms with E-state index in [2.05, 4.69) is 10.4 Å². The van der Waals surface area contributed by atoms with E-state index in [4.69, 9.17) is 36.8 Å². The first-order valence-electron chi connectivity index (χ1n) is 11.2. The molecule has 2 heterocycles. The van der Waals surface area contributed by atoms with Gasteiger partial charge in [0.1, 0.15) is 24.0 Å². The maximum atomic E-state index is 15.7. The van der Waals surface area contributed by atoms with Gasteiger partial charge in [0.25, 0.3) is 0 Å². The number of hydrogen-bond acceptors (Lipinski definition) is 9. The van der Waals surface area contributed by atoms with Crippen molar-refractivity contribution in [2.75, 3.05) is 13.3 Å². The monoisotopic (exact) mass is 541 g/mol. The average molecular weight is 542 g/mol. The SMILES string of the molecule is C#CC1(F)C(O)C(COP(=S)(NC(C)C(=O)OC(C)C)Oc2ccccc2)OC1N1C=CC(=O)NC1. The minimum atomic E-state index is -3.45. The molecule has 10 nitrogen and oxygen atoms in total. The van der Waals surface area contributed by atoms with Crippen molar-refractivity contribution in [1.29, 1.82) is 0 Å². The normalized spacial score (nSPS) is 28.2. The number of esters is 1. The smallest absolute Gasteiger partial charge is 0.323 e. The molecule has 2 aliphatic heterocycles.